The first-order valence-electron chi connectivity index (χ1n) is 17.9. The van der Waals surface area contributed by atoms with Crippen molar-refractivity contribution in [3.05, 3.63) is 168 Å². The van der Waals surface area contributed by atoms with E-state index in [1.165, 1.54) is 51.2 Å². The molecule has 0 aliphatic heterocycles. The molecule has 1 aromatic carbocycles. The van der Waals surface area contributed by atoms with E-state index in [1.807, 2.05) is 56.5 Å². The van der Waals surface area contributed by atoms with Crippen LogP contribution in [0.2, 0.25) is 0 Å². The van der Waals surface area contributed by atoms with Crippen LogP contribution in [0.3, 0.4) is 0 Å². The van der Waals surface area contributed by atoms with Crippen molar-refractivity contribution in [1.29, 1.82) is 0 Å². The molecule has 1 aliphatic rings. The molecule has 0 fully saturated rings. The highest BCUT2D eigenvalue weighted by atomic mass is 32.2. The van der Waals surface area contributed by atoms with E-state index in [1.54, 1.807) is 17.8 Å². The molecule has 3 aromatic rings. The molecular weight excluding hydrogens is 613 g/mol. The van der Waals surface area contributed by atoms with Gasteiger partial charge in [0.15, 0.2) is 0 Å². The minimum Gasteiger partial charge on any atom is -0.255 e. The van der Waals surface area contributed by atoms with Crippen molar-refractivity contribution >= 4 is 22.2 Å². The zero-order valence-electron chi connectivity index (χ0n) is 31.3. The largest absolute Gasteiger partial charge is 0.255 e. The van der Waals surface area contributed by atoms with Gasteiger partial charge in [-0.1, -0.05) is 145 Å². The Bertz CT molecular complexity index is 1650. The summed E-state index contributed by atoms with van der Waals surface area (Å²) in [6.45, 7) is 22.8. The normalized spacial score (nSPS) is 15.1. The Hall–Kier alpha value is -4.21. The fourth-order valence-corrected chi connectivity index (χ4v) is 6.40. The lowest BCUT2D eigenvalue weighted by Gasteiger charge is -2.22. The standard InChI is InChI=1S/C30H34N2S.C14H18.C2H6/c1-6-15-23(8-3)28(22(4)7-2)29(24-16-10-9-11-17-24)30(33-5)27-20-14-19-26(32-27)25-18-12-13-21-31-25;1-4-6-8-12(3)14-10-7-9-13(5-2)11-14;1-2/h7,9-14,16-21H,6,8,15H2,1-5H3;4,6-8,10-11,13H,1,3,5,9H2,2H3;1-2H3/b22-7+,28-23-,30-29-;8-6-;. The van der Waals surface area contributed by atoms with E-state index in [2.05, 4.69) is 126 Å². The zero-order valence-corrected chi connectivity index (χ0v) is 32.1. The molecule has 1 aliphatic carbocycles. The highest BCUT2D eigenvalue weighted by Crippen LogP contribution is 2.43. The van der Waals surface area contributed by atoms with E-state index in [9.17, 15) is 0 Å². The first-order valence-corrected chi connectivity index (χ1v) is 19.1. The van der Waals surface area contributed by atoms with Crippen LogP contribution in [0.25, 0.3) is 21.9 Å². The molecule has 2 aromatic heterocycles. The third kappa shape index (κ3) is 12.3. The van der Waals surface area contributed by atoms with Gasteiger partial charge < -0.3 is 0 Å². The number of benzene rings is 1. The van der Waals surface area contributed by atoms with Gasteiger partial charge in [0.25, 0.3) is 0 Å². The maximum atomic E-state index is 5.08. The van der Waals surface area contributed by atoms with Crippen molar-refractivity contribution in [1.82, 2.24) is 9.97 Å². The molecule has 0 saturated heterocycles. The van der Waals surface area contributed by atoms with Gasteiger partial charge >= 0.3 is 0 Å². The number of allylic oxidation sites excluding steroid dienone is 13. The van der Waals surface area contributed by atoms with E-state index < -0.39 is 0 Å². The van der Waals surface area contributed by atoms with Crippen molar-refractivity contribution in [2.45, 2.75) is 80.6 Å². The lowest BCUT2D eigenvalue weighted by Crippen LogP contribution is -2.02. The molecule has 0 saturated carbocycles. The number of hydrogen-bond donors (Lipinski definition) is 0. The van der Waals surface area contributed by atoms with Gasteiger partial charge in [0.05, 0.1) is 17.1 Å². The average molecular weight is 671 g/mol. The van der Waals surface area contributed by atoms with Gasteiger partial charge in [-0.2, -0.15) is 0 Å². The number of hydrogen-bond acceptors (Lipinski definition) is 3. The zero-order chi connectivity index (χ0) is 36.0. The SMILES string of the molecule is C/C=C(C)/C(=C(\CC)CCC)C(=C(\SC)c1cccc(-c2ccccn2)n1)/c1ccccc1.C=C/C=C\C(=C)C1=CC(CC)CC=C1.CC. The highest BCUT2D eigenvalue weighted by Gasteiger charge is 2.21. The van der Waals surface area contributed by atoms with Gasteiger partial charge in [0.1, 0.15) is 0 Å². The van der Waals surface area contributed by atoms with Crippen LogP contribution in [0.1, 0.15) is 91.8 Å². The van der Waals surface area contributed by atoms with Crippen LogP contribution in [0.5, 0.6) is 0 Å². The van der Waals surface area contributed by atoms with Gasteiger partial charge in [0.2, 0.25) is 0 Å². The van der Waals surface area contributed by atoms with Crippen LogP contribution in [-0.4, -0.2) is 16.2 Å². The van der Waals surface area contributed by atoms with Gasteiger partial charge in [-0.15, -0.1) is 11.8 Å². The summed E-state index contributed by atoms with van der Waals surface area (Å²) in [5.41, 5.74) is 11.8. The second-order valence-corrected chi connectivity index (χ2v) is 12.3. The number of rotatable bonds is 13. The second kappa shape index (κ2) is 23.2. The monoisotopic (exact) mass is 670 g/mol. The molecule has 258 valence electrons. The lowest BCUT2D eigenvalue weighted by molar-refractivity contribution is 0.629. The Morgan fingerprint density at radius 2 is 1.67 bits per heavy atom. The van der Waals surface area contributed by atoms with Crippen molar-refractivity contribution < 1.29 is 0 Å². The van der Waals surface area contributed by atoms with Crippen molar-refractivity contribution in [3.63, 3.8) is 0 Å². The summed E-state index contributed by atoms with van der Waals surface area (Å²) in [6, 6.07) is 23.0. The van der Waals surface area contributed by atoms with Crippen LogP contribution >= 0.6 is 11.8 Å². The molecule has 4 rings (SSSR count). The third-order valence-corrected chi connectivity index (χ3v) is 9.11. The Morgan fingerprint density at radius 3 is 2.27 bits per heavy atom. The summed E-state index contributed by atoms with van der Waals surface area (Å²) in [6.07, 6.45) is 24.2. The predicted molar refractivity (Wildman–Crippen MR) is 221 cm³/mol. The van der Waals surface area contributed by atoms with Crippen LogP contribution in [-0.2, 0) is 0 Å². The predicted octanol–water partition coefficient (Wildman–Crippen LogP) is 14.1. The number of pyridine rings is 2. The minimum atomic E-state index is 0.684. The van der Waals surface area contributed by atoms with Crippen LogP contribution in [0.15, 0.2) is 156 Å². The highest BCUT2D eigenvalue weighted by molar-refractivity contribution is 8.07. The van der Waals surface area contributed by atoms with Gasteiger partial charge in [0, 0.05) is 16.7 Å². The molecule has 0 N–H and O–H groups in total. The molecule has 2 heterocycles. The first-order chi connectivity index (χ1) is 23.9. The topological polar surface area (TPSA) is 25.8 Å². The van der Waals surface area contributed by atoms with Crippen molar-refractivity contribution in [3.8, 4) is 11.4 Å². The molecule has 1 atom stereocenters. The fourth-order valence-electron chi connectivity index (χ4n) is 5.65. The fraction of sp³-hybridized carbons (Fsp3) is 0.304. The molecule has 49 heavy (non-hydrogen) atoms. The van der Waals surface area contributed by atoms with E-state index in [-0.39, 0.29) is 0 Å². The van der Waals surface area contributed by atoms with Gasteiger partial charge in [-0.3, -0.25) is 4.98 Å². The molecule has 2 nitrogen and oxygen atoms in total. The van der Waals surface area contributed by atoms with Crippen LogP contribution < -0.4 is 0 Å². The summed E-state index contributed by atoms with van der Waals surface area (Å²) in [5, 5.41) is 0. The van der Waals surface area contributed by atoms with Crippen molar-refractivity contribution in [2.75, 3.05) is 6.26 Å². The third-order valence-electron chi connectivity index (χ3n) is 8.29. The Labute approximate surface area is 303 Å². The minimum absolute atomic E-state index is 0.684. The Kier molecular flexibility index (Phi) is 19.4. The van der Waals surface area contributed by atoms with Crippen molar-refractivity contribution in [2.24, 2.45) is 5.92 Å². The van der Waals surface area contributed by atoms with E-state index >= 15 is 0 Å². The summed E-state index contributed by atoms with van der Waals surface area (Å²) < 4.78 is 0. The first kappa shape index (κ1) is 41.0. The molecule has 1 unspecified atom stereocenters. The van der Waals surface area contributed by atoms with E-state index in [4.69, 9.17) is 4.98 Å². The van der Waals surface area contributed by atoms with E-state index in [0.717, 1.165) is 41.9 Å². The number of aromatic nitrogens is 2. The number of thioether (sulfide) groups is 1. The van der Waals surface area contributed by atoms with E-state index in [0.29, 0.717) is 5.92 Å². The van der Waals surface area contributed by atoms with Crippen LogP contribution in [0, 0.1) is 5.92 Å². The Morgan fingerprint density at radius 1 is 0.959 bits per heavy atom. The Balaban J connectivity index is 0.000000435. The second-order valence-electron chi connectivity index (χ2n) is 11.5. The summed E-state index contributed by atoms with van der Waals surface area (Å²) in [4.78, 5) is 10.8. The molecule has 0 bridgehead atoms. The molecule has 0 spiro atoms. The quantitative estimate of drug-likeness (QED) is 0.169. The van der Waals surface area contributed by atoms with Gasteiger partial charge in [-0.05, 0) is 104 Å². The number of nitrogens with zero attached hydrogens (tertiary/aromatic N) is 2. The summed E-state index contributed by atoms with van der Waals surface area (Å²) in [5.74, 6) is 0.684. The van der Waals surface area contributed by atoms with Crippen LogP contribution in [0.4, 0.5) is 0 Å². The molecule has 3 heteroatoms. The summed E-state index contributed by atoms with van der Waals surface area (Å²) >= 11 is 1.77. The molecule has 0 amide bonds. The average Bonchev–Trinajstić information content (AvgIpc) is 3.18. The smallest absolute Gasteiger partial charge is 0.0893 e. The maximum absolute atomic E-state index is 5.08. The lowest BCUT2D eigenvalue weighted by atomic mass is 9.85. The summed E-state index contributed by atoms with van der Waals surface area (Å²) in [7, 11) is 0. The molecular formula is C46H58N2S. The maximum Gasteiger partial charge on any atom is 0.0893 e. The molecule has 0 radical (unpaired) electrons. The van der Waals surface area contributed by atoms with Gasteiger partial charge in [-0.25, -0.2) is 4.98 Å².